The molecule has 7 heteroatoms. The third-order valence-electron chi connectivity index (χ3n) is 3.45. The van der Waals surface area contributed by atoms with Crippen molar-refractivity contribution in [3.8, 4) is 0 Å². The highest BCUT2D eigenvalue weighted by Crippen LogP contribution is 2.23. The molecule has 0 unspecified atom stereocenters. The van der Waals surface area contributed by atoms with Crippen LogP contribution in [-0.4, -0.2) is 21.4 Å². The van der Waals surface area contributed by atoms with Gasteiger partial charge in [0.05, 0.1) is 4.92 Å². The van der Waals surface area contributed by atoms with Gasteiger partial charge in [-0.25, -0.2) is 0 Å². The van der Waals surface area contributed by atoms with E-state index in [0.29, 0.717) is 29.0 Å². The van der Waals surface area contributed by atoms with Gasteiger partial charge in [0.1, 0.15) is 5.60 Å². The Morgan fingerprint density at radius 2 is 2.04 bits per heavy atom. The number of hydrogen-bond donors (Lipinski definition) is 1. The van der Waals surface area contributed by atoms with Gasteiger partial charge in [0.2, 0.25) is 0 Å². The summed E-state index contributed by atoms with van der Waals surface area (Å²) in [6, 6.07) is 4.33. The molecule has 0 saturated heterocycles. The summed E-state index contributed by atoms with van der Waals surface area (Å²) in [5.41, 5.74) is 6.47. The quantitative estimate of drug-likeness (QED) is 0.263. The number of ether oxygens (including phenoxy) is 1. The zero-order chi connectivity index (χ0) is 18.5. The van der Waals surface area contributed by atoms with Crippen molar-refractivity contribution in [1.29, 1.82) is 0 Å². The maximum atomic E-state index is 11.8. The molecule has 0 amide bonds. The Morgan fingerprint density at radius 1 is 1.42 bits per heavy atom. The zero-order valence-electron chi connectivity index (χ0n) is 14.5. The van der Waals surface area contributed by atoms with E-state index in [1.165, 1.54) is 18.2 Å². The van der Waals surface area contributed by atoms with E-state index in [4.69, 9.17) is 22.7 Å². The summed E-state index contributed by atoms with van der Waals surface area (Å²) in [5, 5.41) is 10.9. The normalized spacial score (nSPS) is 12.5. The second-order valence-electron chi connectivity index (χ2n) is 6.81. The number of nitrogens with zero attached hydrogens (tertiary/aromatic N) is 1. The predicted molar refractivity (Wildman–Crippen MR) is 98.1 cm³/mol. The highest BCUT2D eigenvalue weighted by Gasteiger charge is 2.19. The molecule has 0 aliphatic heterocycles. The van der Waals surface area contributed by atoms with Crippen molar-refractivity contribution in [2.75, 3.05) is 5.73 Å². The van der Waals surface area contributed by atoms with Crippen LogP contribution in [0.4, 0.5) is 11.4 Å². The topological polar surface area (TPSA) is 95.5 Å². The van der Waals surface area contributed by atoms with Gasteiger partial charge in [-0.3, -0.25) is 14.9 Å². The van der Waals surface area contributed by atoms with Crippen LogP contribution < -0.4 is 5.73 Å². The SMILES string of the molecule is C[C@@H](CCC(=O)OC(C)(C)C)C(=S)Cc1cc([N+](=O)[O-])ccc1N. The highest BCUT2D eigenvalue weighted by atomic mass is 32.1. The fourth-order valence-corrected chi connectivity index (χ4v) is 2.38. The number of esters is 1. The molecule has 0 bridgehead atoms. The zero-order valence-corrected chi connectivity index (χ0v) is 15.3. The average molecular weight is 352 g/mol. The molecular formula is C17H24N2O4S. The molecule has 1 rings (SSSR count). The number of hydrogen-bond acceptors (Lipinski definition) is 6. The van der Waals surface area contributed by atoms with E-state index in [-0.39, 0.29) is 24.0 Å². The van der Waals surface area contributed by atoms with Gasteiger partial charge in [0.25, 0.3) is 5.69 Å². The second-order valence-corrected chi connectivity index (χ2v) is 7.33. The Bertz CT molecular complexity index is 638. The fourth-order valence-electron chi connectivity index (χ4n) is 2.11. The van der Waals surface area contributed by atoms with E-state index >= 15 is 0 Å². The van der Waals surface area contributed by atoms with Crippen molar-refractivity contribution in [2.45, 2.75) is 52.6 Å². The summed E-state index contributed by atoms with van der Waals surface area (Å²) >= 11 is 5.41. The van der Waals surface area contributed by atoms with Crippen LogP contribution in [0.3, 0.4) is 0 Å². The number of nitro groups is 1. The lowest BCUT2D eigenvalue weighted by Gasteiger charge is -2.20. The largest absolute Gasteiger partial charge is 0.460 e. The minimum atomic E-state index is -0.502. The monoisotopic (exact) mass is 352 g/mol. The molecule has 24 heavy (non-hydrogen) atoms. The first-order valence-corrected chi connectivity index (χ1v) is 8.18. The number of non-ortho nitro benzene ring substituents is 1. The summed E-state index contributed by atoms with van der Waals surface area (Å²) in [5.74, 6) is -0.252. The van der Waals surface area contributed by atoms with Gasteiger partial charge in [-0.05, 0) is 44.7 Å². The average Bonchev–Trinajstić information content (AvgIpc) is 2.44. The van der Waals surface area contributed by atoms with E-state index in [2.05, 4.69) is 0 Å². The Balaban J connectivity index is 2.63. The molecule has 132 valence electrons. The maximum absolute atomic E-state index is 11.8. The molecule has 0 saturated carbocycles. The molecule has 0 heterocycles. The molecule has 0 fully saturated rings. The molecule has 0 aromatic heterocycles. The minimum Gasteiger partial charge on any atom is -0.460 e. The Hall–Kier alpha value is -2.02. The van der Waals surface area contributed by atoms with Gasteiger partial charge >= 0.3 is 5.97 Å². The van der Waals surface area contributed by atoms with Crippen molar-refractivity contribution >= 4 is 34.4 Å². The lowest BCUT2D eigenvalue weighted by Crippen LogP contribution is -2.24. The fraction of sp³-hybridized carbons (Fsp3) is 0.529. The lowest BCUT2D eigenvalue weighted by atomic mass is 9.95. The van der Waals surface area contributed by atoms with E-state index < -0.39 is 10.5 Å². The van der Waals surface area contributed by atoms with Crippen LogP contribution in [0.2, 0.25) is 0 Å². The molecule has 2 N–H and O–H groups in total. The number of rotatable bonds is 7. The van der Waals surface area contributed by atoms with Crippen LogP contribution in [0, 0.1) is 16.0 Å². The molecule has 1 aromatic carbocycles. The lowest BCUT2D eigenvalue weighted by molar-refractivity contribution is -0.384. The van der Waals surface area contributed by atoms with Gasteiger partial charge < -0.3 is 10.5 Å². The third-order valence-corrected chi connectivity index (χ3v) is 4.00. The number of thiocarbonyl (C=S) groups is 1. The third kappa shape index (κ3) is 6.62. The number of nitro benzene ring substituents is 1. The van der Waals surface area contributed by atoms with Gasteiger partial charge in [-0.2, -0.15) is 0 Å². The van der Waals surface area contributed by atoms with E-state index in [1.54, 1.807) is 0 Å². The minimum absolute atomic E-state index is 0.00572. The summed E-state index contributed by atoms with van der Waals surface area (Å²) in [7, 11) is 0. The summed E-state index contributed by atoms with van der Waals surface area (Å²) in [6.45, 7) is 7.40. The highest BCUT2D eigenvalue weighted by molar-refractivity contribution is 7.80. The molecule has 1 atom stereocenters. The van der Waals surface area contributed by atoms with Crippen molar-refractivity contribution in [3.05, 3.63) is 33.9 Å². The number of nitrogen functional groups attached to an aromatic ring is 1. The Kier molecular flexibility index (Phi) is 6.83. The second kappa shape index (κ2) is 8.19. The number of nitrogens with two attached hydrogens (primary N) is 1. The first kappa shape index (κ1) is 20.0. The van der Waals surface area contributed by atoms with Crippen LogP contribution in [-0.2, 0) is 16.0 Å². The Labute approximate surface area is 147 Å². The number of anilines is 1. The van der Waals surface area contributed by atoms with Gasteiger partial charge in [-0.1, -0.05) is 19.1 Å². The number of carbonyl (C=O) groups is 1. The summed E-state index contributed by atoms with van der Waals surface area (Å²) in [4.78, 5) is 22.9. The van der Waals surface area contributed by atoms with Crippen molar-refractivity contribution in [3.63, 3.8) is 0 Å². The van der Waals surface area contributed by atoms with Crippen LogP contribution in [0.15, 0.2) is 18.2 Å². The van der Waals surface area contributed by atoms with Crippen LogP contribution in [0.5, 0.6) is 0 Å². The van der Waals surface area contributed by atoms with E-state index in [1.807, 2.05) is 27.7 Å². The Morgan fingerprint density at radius 3 is 2.58 bits per heavy atom. The predicted octanol–water partition coefficient (Wildman–Crippen LogP) is 3.85. The maximum Gasteiger partial charge on any atom is 0.306 e. The molecule has 1 aromatic rings. The van der Waals surface area contributed by atoms with Gasteiger partial charge in [-0.15, -0.1) is 0 Å². The van der Waals surface area contributed by atoms with Crippen LogP contribution in [0.1, 0.15) is 46.1 Å². The molecule has 0 aliphatic rings. The van der Waals surface area contributed by atoms with Crippen molar-refractivity contribution < 1.29 is 14.5 Å². The number of benzene rings is 1. The van der Waals surface area contributed by atoms with Gasteiger partial charge in [0, 0.05) is 35.5 Å². The van der Waals surface area contributed by atoms with E-state index in [0.717, 1.165) is 0 Å². The van der Waals surface area contributed by atoms with Crippen LogP contribution in [0.25, 0.3) is 0 Å². The van der Waals surface area contributed by atoms with Gasteiger partial charge in [0.15, 0.2) is 0 Å². The standard InChI is InChI=1S/C17H24N2O4S/c1-11(5-8-16(20)23-17(2,3)4)15(24)10-12-9-13(19(21)22)6-7-14(12)18/h6-7,9,11H,5,8,10,18H2,1-4H3/t11-/m0/s1. The van der Waals surface area contributed by atoms with Crippen molar-refractivity contribution in [1.82, 2.24) is 0 Å². The first-order chi connectivity index (χ1) is 11.0. The first-order valence-electron chi connectivity index (χ1n) is 7.77. The molecule has 0 radical (unpaired) electrons. The summed E-state index contributed by atoms with van der Waals surface area (Å²) < 4.78 is 5.27. The van der Waals surface area contributed by atoms with Crippen molar-refractivity contribution in [2.24, 2.45) is 5.92 Å². The molecular weight excluding hydrogens is 328 g/mol. The molecule has 0 aliphatic carbocycles. The molecule has 0 spiro atoms. The smallest absolute Gasteiger partial charge is 0.306 e. The van der Waals surface area contributed by atoms with Crippen LogP contribution >= 0.6 is 12.2 Å². The van der Waals surface area contributed by atoms with E-state index in [9.17, 15) is 14.9 Å². The number of carbonyl (C=O) groups excluding carboxylic acids is 1. The molecule has 6 nitrogen and oxygen atoms in total. The summed E-state index contributed by atoms with van der Waals surface area (Å²) in [6.07, 6.45) is 1.23.